The van der Waals surface area contributed by atoms with Crippen molar-refractivity contribution in [2.24, 2.45) is 0 Å². The molecule has 1 fully saturated rings. The third-order valence-electron chi connectivity index (χ3n) is 3.07. The maximum absolute atomic E-state index is 13.7. The highest BCUT2D eigenvalue weighted by atomic mass is 79.9. The normalized spacial score (nSPS) is 16.6. The maximum atomic E-state index is 13.7. The van der Waals surface area contributed by atoms with Crippen LogP contribution < -0.4 is 4.90 Å². The molecule has 6 heteroatoms. The Balaban J connectivity index is 1.95. The highest BCUT2D eigenvalue weighted by molar-refractivity contribution is 9.10. The second-order valence-electron chi connectivity index (χ2n) is 4.52. The molecule has 1 heterocycles. The average Bonchev–Trinajstić information content (AvgIpc) is 2.77. The molecule has 0 aromatic heterocycles. The first-order valence-corrected chi connectivity index (χ1v) is 8.36. The molecule has 1 aliphatic heterocycles. The van der Waals surface area contributed by atoms with Gasteiger partial charge in [0.2, 0.25) is 0 Å². The molecule has 0 aliphatic carbocycles. The van der Waals surface area contributed by atoms with Crippen LogP contribution in [-0.4, -0.2) is 10.2 Å². The Hall–Kier alpha value is -1.50. The molecule has 1 aliphatic rings. The minimum absolute atomic E-state index is 0.236. The summed E-state index contributed by atoms with van der Waals surface area (Å²) >= 11 is 9.81. The largest absolute Gasteiger partial charge is 0.270 e. The Morgan fingerprint density at radius 1 is 1.14 bits per heavy atom. The van der Waals surface area contributed by atoms with Gasteiger partial charge in [0, 0.05) is 10.0 Å². The lowest BCUT2D eigenvalue weighted by Crippen LogP contribution is -2.27. The van der Waals surface area contributed by atoms with Gasteiger partial charge in [-0.25, -0.2) is 4.39 Å². The van der Waals surface area contributed by atoms with Gasteiger partial charge in [-0.05, 0) is 36.4 Å². The topological polar surface area (TPSA) is 20.3 Å². The number of carbonyl (C=O) groups is 1. The molecular formula is C16H9BrFNOS2. The SMILES string of the molecule is O=C1/C(=C\c2ccccc2F)SC(=S)N1c1ccc(Br)cc1. The fourth-order valence-corrected chi connectivity index (χ4v) is 3.57. The molecule has 2 aromatic carbocycles. The van der Waals surface area contributed by atoms with E-state index in [1.807, 2.05) is 12.1 Å². The van der Waals surface area contributed by atoms with Crippen molar-refractivity contribution in [2.45, 2.75) is 0 Å². The van der Waals surface area contributed by atoms with Crippen LogP contribution in [0.5, 0.6) is 0 Å². The number of thiocarbonyl (C=S) groups is 1. The summed E-state index contributed by atoms with van der Waals surface area (Å²) in [5.41, 5.74) is 1.07. The van der Waals surface area contributed by atoms with Crippen LogP contribution in [-0.2, 0) is 4.79 Å². The van der Waals surface area contributed by atoms with E-state index in [2.05, 4.69) is 15.9 Å². The smallest absolute Gasteiger partial charge is 0.268 e. The third kappa shape index (κ3) is 2.99. The Morgan fingerprint density at radius 2 is 1.82 bits per heavy atom. The zero-order valence-electron chi connectivity index (χ0n) is 11.1. The van der Waals surface area contributed by atoms with Crippen LogP contribution in [0.3, 0.4) is 0 Å². The van der Waals surface area contributed by atoms with Crippen LogP contribution in [0.25, 0.3) is 6.08 Å². The quantitative estimate of drug-likeness (QED) is 0.529. The molecule has 0 bridgehead atoms. The van der Waals surface area contributed by atoms with Crippen LogP contribution in [0.4, 0.5) is 10.1 Å². The number of thioether (sulfide) groups is 1. The minimum Gasteiger partial charge on any atom is -0.268 e. The highest BCUT2D eigenvalue weighted by Crippen LogP contribution is 2.36. The van der Waals surface area contributed by atoms with Gasteiger partial charge in [0.1, 0.15) is 5.82 Å². The zero-order valence-corrected chi connectivity index (χ0v) is 14.3. The zero-order chi connectivity index (χ0) is 15.7. The van der Waals surface area contributed by atoms with Crippen molar-refractivity contribution >= 4 is 61.9 Å². The molecule has 1 saturated heterocycles. The van der Waals surface area contributed by atoms with Crippen LogP contribution in [0.2, 0.25) is 0 Å². The summed E-state index contributed by atoms with van der Waals surface area (Å²) in [6, 6.07) is 13.6. The number of carbonyl (C=O) groups excluding carboxylic acids is 1. The summed E-state index contributed by atoms with van der Waals surface area (Å²) < 4.78 is 15.1. The molecule has 110 valence electrons. The molecule has 0 radical (unpaired) electrons. The van der Waals surface area contributed by atoms with Crippen LogP contribution >= 0.6 is 39.9 Å². The van der Waals surface area contributed by atoms with Gasteiger partial charge < -0.3 is 0 Å². The lowest BCUT2D eigenvalue weighted by molar-refractivity contribution is -0.113. The lowest BCUT2D eigenvalue weighted by atomic mass is 10.2. The van der Waals surface area contributed by atoms with Gasteiger partial charge in [0.05, 0.1) is 10.6 Å². The highest BCUT2D eigenvalue weighted by Gasteiger charge is 2.33. The summed E-state index contributed by atoms with van der Waals surface area (Å²) in [7, 11) is 0. The molecular weight excluding hydrogens is 385 g/mol. The maximum Gasteiger partial charge on any atom is 0.270 e. The molecule has 0 unspecified atom stereocenters. The number of halogens is 2. The van der Waals surface area contributed by atoms with Gasteiger partial charge in [0.25, 0.3) is 5.91 Å². The van der Waals surface area contributed by atoms with E-state index in [4.69, 9.17) is 12.2 Å². The molecule has 1 amide bonds. The number of amides is 1. The number of nitrogens with zero attached hydrogens (tertiary/aromatic N) is 1. The van der Waals surface area contributed by atoms with Crippen LogP contribution in [0.1, 0.15) is 5.56 Å². The Labute approximate surface area is 145 Å². The molecule has 0 atom stereocenters. The first-order chi connectivity index (χ1) is 10.6. The summed E-state index contributed by atoms with van der Waals surface area (Å²) in [6.45, 7) is 0. The Kier molecular flexibility index (Phi) is 4.42. The first-order valence-electron chi connectivity index (χ1n) is 6.34. The van der Waals surface area contributed by atoms with Gasteiger partial charge in [0.15, 0.2) is 4.32 Å². The van der Waals surface area contributed by atoms with Crippen LogP contribution in [0.15, 0.2) is 57.9 Å². The van der Waals surface area contributed by atoms with Crippen molar-refractivity contribution in [3.05, 3.63) is 69.3 Å². The van der Waals surface area contributed by atoms with E-state index in [1.54, 1.807) is 30.3 Å². The van der Waals surface area contributed by atoms with Crippen molar-refractivity contribution < 1.29 is 9.18 Å². The van der Waals surface area contributed by atoms with Crippen molar-refractivity contribution in [1.29, 1.82) is 0 Å². The summed E-state index contributed by atoms with van der Waals surface area (Å²) in [5.74, 6) is -0.600. The summed E-state index contributed by atoms with van der Waals surface area (Å²) in [6.07, 6.45) is 1.54. The first kappa shape index (κ1) is 15.4. The Bertz CT molecular complexity index is 789. The van der Waals surface area contributed by atoms with E-state index in [-0.39, 0.29) is 11.7 Å². The predicted molar refractivity (Wildman–Crippen MR) is 96.2 cm³/mol. The molecule has 2 nitrogen and oxygen atoms in total. The second-order valence-corrected chi connectivity index (χ2v) is 7.11. The summed E-state index contributed by atoms with van der Waals surface area (Å²) in [4.78, 5) is 14.4. The third-order valence-corrected chi connectivity index (χ3v) is 4.90. The van der Waals surface area contributed by atoms with E-state index in [0.717, 1.165) is 4.47 Å². The van der Waals surface area contributed by atoms with Gasteiger partial charge in [-0.15, -0.1) is 0 Å². The fraction of sp³-hybridized carbons (Fsp3) is 0. The van der Waals surface area contributed by atoms with E-state index >= 15 is 0 Å². The standard InChI is InChI=1S/C16H9BrFNOS2/c17-11-5-7-12(8-6-11)19-15(20)14(22-16(19)21)9-10-3-1-2-4-13(10)18/h1-9H/b14-9+. The van der Waals surface area contributed by atoms with E-state index in [0.29, 0.717) is 20.5 Å². The molecule has 2 aromatic rings. The molecule has 22 heavy (non-hydrogen) atoms. The number of anilines is 1. The minimum atomic E-state index is -0.364. The monoisotopic (exact) mass is 393 g/mol. The molecule has 0 N–H and O–H groups in total. The van der Waals surface area contributed by atoms with Gasteiger partial charge in [-0.2, -0.15) is 0 Å². The van der Waals surface area contributed by atoms with Crippen molar-refractivity contribution in [3.8, 4) is 0 Å². The molecule has 0 saturated carbocycles. The van der Waals surface area contributed by atoms with Gasteiger partial charge >= 0.3 is 0 Å². The van der Waals surface area contributed by atoms with E-state index in [9.17, 15) is 9.18 Å². The van der Waals surface area contributed by atoms with Crippen molar-refractivity contribution in [3.63, 3.8) is 0 Å². The van der Waals surface area contributed by atoms with Gasteiger partial charge in [-0.3, -0.25) is 9.69 Å². The Morgan fingerprint density at radius 3 is 2.50 bits per heavy atom. The van der Waals surface area contributed by atoms with E-state index < -0.39 is 0 Å². The number of benzene rings is 2. The lowest BCUT2D eigenvalue weighted by Gasteiger charge is -2.14. The number of hydrogen-bond donors (Lipinski definition) is 0. The predicted octanol–water partition coefficient (Wildman–Crippen LogP) is 4.99. The van der Waals surface area contributed by atoms with Crippen molar-refractivity contribution in [2.75, 3.05) is 4.90 Å². The average molecular weight is 394 g/mol. The molecule has 0 spiro atoms. The van der Waals surface area contributed by atoms with E-state index in [1.165, 1.54) is 28.8 Å². The van der Waals surface area contributed by atoms with Crippen LogP contribution in [0, 0.1) is 5.82 Å². The molecule has 3 rings (SSSR count). The summed E-state index contributed by atoms with van der Waals surface area (Å²) in [5, 5.41) is 0. The van der Waals surface area contributed by atoms with Gasteiger partial charge in [-0.1, -0.05) is 58.1 Å². The van der Waals surface area contributed by atoms with Crippen molar-refractivity contribution in [1.82, 2.24) is 0 Å². The fourth-order valence-electron chi connectivity index (χ4n) is 2.01. The second kappa shape index (κ2) is 6.32. The number of hydrogen-bond acceptors (Lipinski definition) is 3. The number of rotatable bonds is 2.